The van der Waals surface area contributed by atoms with Crippen LogP contribution in [0.3, 0.4) is 0 Å². The van der Waals surface area contributed by atoms with Crippen LogP contribution in [0.2, 0.25) is 0 Å². The number of rotatable bonds is 6. The van der Waals surface area contributed by atoms with Crippen LogP contribution in [0.25, 0.3) is 10.9 Å². The monoisotopic (exact) mass is 383 g/mol. The molecule has 4 aromatic rings. The van der Waals surface area contributed by atoms with Gasteiger partial charge in [-0.1, -0.05) is 54.1 Å². The standard InChI is InChI=1S/C25H25N3O/c1-18-10-12-19(13-11-18)22(15-25(29)27-16-20-7-5-6-14-26-20)23-17-28(2)24-9-4-3-8-21(23)24/h3-14,17,22H,15-16H2,1-2H3,(H,27,29). The van der Waals surface area contributed by atoms with Crippen molar-refractivity contribution in [1.82, 2.24) is 14.9 Å². The first kappa shape index (κ1) is 18.9. The Morgan fingerprint density at radius 1 is 1.03 bits per heavy atom. The Morgan fingerprint density at radius 2 is 1.79 bits per heavy atom. The van der Waals surface area contributed by atoms with E-state index in [1.807, 2.05) is 24.3 Å². The minimum atomic E-state index is -0.00886. The molecular weight excluding hydrogens is 358 g/mol. The third kappa shape index (κ3) is 4.21. The highest BCUT2D eigenvalue weighted by atomic mass is 16.1. The van der Waals surface area contributed by atoms with Crippen LogP contribution in [-0.4, -0.2) is 15.5 Å². The molecular formula is C25H25N3O. The molecule has 0 aliphatic rings. The van der Waals surface area contributed by atoms with Crippen molar-refractivity contribution in [2.45, 2.75) is 25.8 Å². The number of para-hydroxylation sites is 1. The van der Waals surface area contributed by atoms with Gasteiger partial charge in [0.15, 0.2) is 0 Å². The molecule has 0 fully saturated rings. The van der Waals surface area contributed by atoms with Gasteiger partial charge in [-0.25, -0.2) is 0 Å². The molecule has 4 rings (SSSR count). The maximum absolute atomic E-state index is 12.8. The Balaban J connectivity index is 1.63. The van der Waals surface area contributed by atoms with Crippen molar-refractivity contribution in [3.8, 4) is 0 Å². The summed E-state index contributed by atoms with van der Waals surface area (Å²) < 4.78 is 2.14. The number of aromatic nitrogens is 2. The summed E-state index contributed by atoms with van der Waals surface area (Å²) in [6.45, 7) is 2.52. The summed E-state index contributed by atoms with van der Waals surface area (Å²) in [6, 6.07) is 22.6. The number of carbonyl (C=O) groups excluding carboxylic acids is 1. The molecule has 0 bridgehead atoms. The first-order valence-electron chi connectivity index (χ1n) is 9.89. The molecule has 0 radical (unpaired) electrons. The van der Waals surface area contributed by atoms with Gasteiger partial charge in [0.1, 0.15) is 0 Å². The van der Waals surface area contributed by atoms with E-state index in [4.69, 9.17) is 0 Å². The van der Waals surface area contributed by atoms with Gasteiger partial charge in [-0.3, -0.25) is 9.78 Å². The minimum Gasteiger partial charge on any atom is -0.350 e. The first-order valence-corrected chi connectivity index (χ1v) is 9.89. The Bertz CT molecular complexity index is 1110. The summed E-state index contributed by atoms with van der Waals surface area (Å²) >= 11 is 0. The van der Waals surface area contributed by atoms with E-state index in [2.05, 4.69) is 77.5 Å². The molecule has 0 aliphatic heterocycles. The van der Waals surface area contributed by atoms with E-state index in [1.165, 1.54) is 22.0 Å². The van der Waals surface area contributed by atoms with E-state index < -0.39 is 0 Å². The largest absolute Gasteiger partial charge is 0.350 e. The number of pyridine rings is 1. The van der Waals surface area contributed by atoms with Gasteiger partial charge in [0.05, 0.1) is 12.2 Å². The van der Waals surface area contributed by atoms with Crippen LogP contribution in [0.5, 0.6) is 0 Å². The van der Waals surface area contributed by atoms with Crippen LogP contribution in [0.15, 0.2) is 79.1 Å². The second kappa shape index (κ2) is 8.31. The predicted octanol–water partition coefficient (Wildman–Crippen LogP) is 4.72. The van der Waals surface area contributed by atoms with Crippen molar-refractivity contribution in [3.63, 3.8) is 0 Å². The topological polar surface area (TPSA) is 46.9 Å². The van der Waals surface area contributed by atoms with Crippen LogP contribution in [0, 0.1) is 6.92 Å². The number of nitrogens with zero attached hydrogens (tertiary/aromatic N) is 2. The highest BCUT2D eigenvalue weighted by Crippen LogP contribution is 2.34. The smallest absolute Gasteiger partial charge is 0.221 e. The molecule has 1 unspecified atom stereocenters. The fraction of sp³-hybridized carbons (Fsp3) is 0.200. The Morgan fingerprint density at radius 3 is 2.55 bits per heavy atom. The summed E-state index contributed by atoms with van der Waals surface area (Å²) in [4.78, 5) is 17.1. The summed E-state index contributed by atoms with van der Waals surface area (Å²) in [7, 11) is 2.05. The van der Waals surface area contributed by atoms with Gasteiger partial charge in [0.25, 0.3) is 0 Å². The highest BCUT2D eigenvalue weighted by Gasteiger charge is 2.22. The third-order valence-electron chi connectivity index (χ3n) is 5.37. The second-order valence-electron chi connectivity index (χ2n) is 7.48. The molecule has 1 N–H and O–H groups in total. The molecule has 0 spiro atoms. The van der Waals surface area contributed by atoms with Gasteiger partial charge in [0.2, 0.25) is 5.91 Å². The Kier molecular flexibility index (Phi) is 5.43. The van der Waals surface area contributed by atoms with E-state index in [9.17, 15) is 4.79 Å². The van der Waals surface area contributed by atoms with Crippen LogP contribution in [0.4, 0.5) is 0 Å². The number of amides is 1. The second-order valence-corrected chi connectivity index (χ2v) is 7.48. The number of aryl methyl sites for hydroxylation is 2. The minimum absolute atomic E-state index is 0.00886. The van der Waals surface area contributed by atoms with Crippen molar-refractivity contribution in [2.75, 3.05) is 0 Å². The molecule has 2 aromatic heterocycles. The van der Waals surface area contributed by atoms with Gasteiger partial charge < -0.3 is 9.88 Å². The number of fused-ring (bicyclic) bond motifs is 1. The maximum Gasteiger partial charge on any atom is 0.221 e. The zero-order valence-electron chi connectivity index (χ0n) is 16.8. The molecule has 0 aliphatic carbocycles. The zero-order valence-corrected chi connectivity index (χ0v) is 16.8. The molecule has 1 amide bonds. The maximum atomic E-state index is 12.8. The summed E-state index contributed by atoms with van der Waals surface area (Å²) in [5, 5.41) is 4.22. The van der Waals surface area contributed by atoms with Crippen molar-refractivity contribution in [1.29, 1.82) is 0 Å². The fourth-order valence-corrected chi connectivity index (χ4v) is 3.81. The number of hydrogen-bond donors (Lipinski definition) is 1. The van der Waals surface area contributed by atoms with E-state index in [0.717, 1.165) is 11.3 Å². The van der Waals surface area contributed by atoms with E-state index in [-0.39, 0.29) is 11.8 Å². The summed E-state index contributed by atoms with van der Waals surface area (Å²) in [5.74, 6) is 0.0135. The van der Waals surface area contributed by atoms with Gasteiger partial charge in [0, 0.05) is 42.7 Å². The molecule has 29 heavy (non-hydrogen) atoms. The van der Waals surface area contributed by atoms with Crippen molar-refractivity contribution < 1.29 is 4.79 Å². The molecule has 1 atom stereocenters. The fourth-order valence-electron chi connectivity index (χ4n) is 3.81. The van der Waals surface area contributed by atoms with Crippen LogP contribution < -0.4 is 5.32 Å². The van der Waals surface area contributed by atoms with E-state index >= 15 is 0 Å². The molecule has 146 valence electrons. The van der Waals surface area contributed by atoms with Crippen molar-refractivity contribution in [3.05, 3.63) is 102 Å². The molecule has 0 saturated carbocycles. The Hall–Kier alpha value is -3.40. The van der Waals surface area contributed by atoms with Gasteiger partial charge in [-0.05, 0) is 36.2 Å². The van der Waals surface area contributed by atoms with Crippen LogP contribution >= 0.6 is 0 Å². The normalized spacial score (nSPS) is 12.1. The lowest BCUT2D eigenvalue weighted by atomic mass is 9.87. The van der Waals surface area contributed by atoms with Crippen molar-refractivity contribution in [2.24, 2.45) is 7.05 Å². The number of benzene rings is 2. The van der Waals surface area contributed by atoms with E-state index in [0.29, 0.717) is 13.0 Å². The number of carbonyl (C=O) groups is 1. The SMILES string of the molecule is Cc1ccc(C(CC(=O)NCc2ccccn2)c2cn(C)c3ccccc23)cc1. The average Bonchev–Trinajstić information content (AvgIpc) is 3.09. The van der Waals surface area contributed by atoms with Crippen LogP contribution in [-0.2, 0) is 18.4 Å². The quantitative estimate of drug-likeness (QED) is 0.524. The molecule has 4 nitrogen and oxygen atoms in total. The van der Waals surface area contributed by atoms with Gasteiger partial charge >= 0.3 is 0 Å². The number of hydrogen-bond acceptors (Lipinski definition) is 2. The lowest BCUT2D eigenvalue weighted by Crippen LogP contribution is -2.25. The first-order chi connectivity index (χ1) is 14.1. The highest BCUT2D eigenvalue weighted by molar-refractivity contribution is 5.86. The van der Waals surface area contributed by atoms with E-state index in [1.54, 1.807) is 6.20 Å². The molecule has 0 saturated heterocycles. The summed E-state index contributed by atoms with van der Waals surface area (Å²) in [6.07, 6.45) is 4.29. The van der Waals surface area contributed by atoms with Crippen LogP contribution in [0.1, 0.15) is 34.7 Å². The van der Waals surface area contributed by atoms with Crippen molar-refractivity contribution >= 4 is 16.8 Å². The average molecular weight is 383 g/mol. The molecule has 2 heterocycles. The molecule has 2 aromatic carbocycles. The number of nitrogens with one attached hydrogen (secondary N) is 1. The predicted molar refractivity (Wildman–Crippen MR) is 117 cm³/mol. The summed E-state index contributed by atoms with van der Waals surface area (Å²) in [5.41, 5.74) is 5.58. The van der Waals surface area contributed by atoms with Gasteiger partial charge in [-0.2, -0.15) is 0 Å². The lowest BCUT2D eigenvalue weighted by molar-refractivity contribution is -0.121. The lowest BCUT2D eigenvalue weighted by Gasteiger charge is -2.17. The zero-order chi connectivity index (χ0) is 20.2. The molecule has 4 heteroatoms. The van der Waals surface area contributed by atoms with Gasteiger partial charge in [-0.15, -0.1) is 0 Å². The third-order valence-corrected chi connectivity index (χ3v) is 5.37. The Labute approximate surface area is 171 Å².